The van der Waals surface area contributed by atoms with Crippen molar-refractivity contribution in [2.24, 2.45) is 0 Å². The molecule has 4 nitrogen and oxygen atoms in total. The largest absolute Gasteiger partial charge is 0.320 e. The molecule has 21 heavy (non-hydrogen) atoms. The van der Waals surface area contributed by atoms with Crippen LogP contribution in [0.3, 0.4) is 0 Å². The lowest BCUT2D eigenvalue weighted by atomic mass is 10.1. The van der Waals surface area contributed by atoms with Gasteiger partial charge in [0.15, 0.2) is 0 Å². The molecule has 1 aliphatic rings. The average molecular weight is 289 g/mol. The van der Waals surface area contributed by atoms with Crippen molar-refractivity contribution in [2.75, 3.05) is 20.1 Å². The van der Waals surface area contributed by atoms with Crippen molar-refractivity contribution in [3.05, 3.63) is 35.4 Å². The van der Waals surface area contributed by atoms with Gasteiger partial charge in [-0.2, -0.15) is 0 Å². The van der Waals surface area contributed by atoms with Gasteiger partial charge in [0.1, 0.15) is 6.17 Å². The van der Waals surface area contributed by atoms with E-state index in [1.807, 2.05) is 24.0 Å². The first kappa shape index (κ1) is 16.0. The summed E-state index contributed by atoms with van der Waals surface area (Å²) in [4.78, 5) is 16.7. The van der Waals surface area contributed by atoms with Crippen LogP contribution in [0.2, 0.25) is 0 Å². The highest BCUT2D eigenvalue weighted by Crippen LogP contribution is 2.27. The molecule has 2 rings (SSSR count). The molecule has 1 fully saturated rings. The summed E-state index contributed by atoms with van der Waals surface area (Å²) in [5.41, 5.74) is 2.42. The fourth-order valence-corrected chi connectivity index (χ4v) is 2.69. The molecule has 1 heterocycles. The fourth-order valence-electron chi connectivity index (χ4n) is 2.69. The first-order valence-corrected chi connectivity index (χ1v) is 7.74. The Labute approximate surface area is 128 Å². The standard InChI is InChI=1S/C17H27N3O/c1-12(2)19(5)10-11-20-16(18-14(4)17(20)21)15-9-7-6-8-13(15)3/h6-9,12,14,16,18H,10-11H2,1-5H3. The maximum absolute atomic E-state index is 12.4. The van der Waals surface area contributed by atoms with Crippen LogP contribution in [-0.2, 0) is 4.79 Å². The van der Waals surface area contributed by atoms with E-state index >= 15 is 0 Å². The minimum Gasteiger partial charge on any atom is -0.320 e. The number of hydrogen-bond acceptors (Lipinski definition) is 3. The summed E-state index contributed by atoms with van der Waals surface area (Å²) in [7, 11) is 2.10. The fraction of sp³-hybridized carbons (Fsp3) is 0.588. The van der Waals surface area contributed by atoms with E-state index in [2.05, 4.69) is 50.2 Å². The van der Waals surface area contributed by atoms with Crippen LogP contribution in [-0.4, -0.2) is 47.9 Å². The van der Waals surface area contributed by atoms with Crippen LogP contribution in [0.15, 0.2) is 24.3 Å². The number of benzene rings is 1. The van der Waals surface area contributed by atoms with Crippen molar-refractivity contribution < 1.29 is 4.79 Å². The van der Waals surface area contributed by atoms with Crippen LogP contribution in [0.4, 0.5) is 0 Å². The predicted molar refractivity (Wildman–Crippen MR) is 86.0 cm³/mol. The van der Waals surface area contributed by atoms with E-state index < -0.39 is 0 Å². The molecule has 4 heteroatoms. The number of rotatable bonds is 5. The van der Waals surface area contributed by atoms with Crippen LogP contribution in [0.5, 0.6) is 0 Å². The SMILES string of the molecule is Cc1ccccc1C1NC(C)C(=O)N1CCN(C)C(C)C. The highest BCUT2D eigenvalue weighted by atomic mass is 16.2. The van der Waals surface area contributed by atoms with Crippen molar-refractivity contribution in [3.8, 4) is 0 Å². The third-order valence-corrected chi connectivity index (χ3v) is 4.43. The van der Waals surface area contributed by atoms with Gasteiger partial charge in [-0.1, -0.05) is 24.3 Å². The van der Waals surface area contributed by atoms with Crippen molar-refractivity contribution >= 4 is 5.91 Å². The van der Waals surface area contributed by atoms with Gasteiger partial charge in [0.2, 0.25) is 5.91 Å². The van der Waals surface area contributed by atoms with Gasteiger partial charge in [-0.25, -0.2) is 0 Å². The maximum atomic E-state index is 12.4. The third-order valence-electron chi connectivity index (χ3n) is 4.43. The van der Waals surface area contributed by atoms with E-state index in [-0.39, 0.29) is 18.1 Å². The second kappa shape index (κ2) is 6.58. The molecular formula is C17H27N3O. The summed E-state index contributed by atoms with van der Waals surface area (Å²) < 4.78 is 0. The topological polar surface area (TPSA) is 35.6 Å². The number of hydrogen-bond donors (Lipinski definition) is 1. The molecule has 0 aromatic heterocycles. The molecule has 2 atom stereocenters. The highest BCUT2D eigenvalue weighted by molar-refractivity contribution is 5.84. The Kier molecular flexibility index (Phi) is 5.01. The first-order chi connectivity index (χ1) is 9.91. The van der Waals surface area contributed by atoms with Crippen molar-refractivity contribution in [2.45, 2.75) is 45.9 Å². The second-order valence-corrected chi connectivity index (χ2v) is 6.25. The monoisotopic (exact) mass is 289 g/mol. The quantitative estimate of drug-likeness (QED) is 0.902. The van der Waals surface area contributed by atoms with Gasteiger partial charge in [-0.15, -0.1) is 0 Å². The molecule has 0 radical (unpaired) electrons. The molecule has 1 N–H and O–H groups in total. The Morgan fingerprint density at radius 3 is 2.62 bits per heavy atom. The van der Waals surface area contributed by atoms with Gasteiger partial charge in [0.25, 0.3) is 0 Å². The summed E-state index contributed by atoms with van der Waals surface area (Å²) in [5.74, 6) is 0.195. The number of carbonyl (C=O) groups excluding carboxylic acids is 1. The van der Waals surface area contributed by atoms with Crippen molar-refractivity contribution in [1.82, 2.24) is 15.1 Å². The lowest BCUT2D eigenvalue weighted by Crippen LogP contribution is -2.39. The lowest BCUT2D eigenvalue weighted by molar-refractivity contribution is -0.130. The van der Waals surface area contributed by atoms with E-state index in [1.165, 1.54) is 11.1 Å². The molecule has 2 unspecified atom stereocenters. The number of nitrogens with zero attached hydrogens (tertiary/aromatic N) is 2. The molecule has 0 spiro atoms. The molecular weight excluding hydrogens is 262 g/mol. The molecule has 0 bridgehead atoms. The molecule has 1 saturated heterocycles. The summed E-state index contributed by atoms with van der Waals surface area (Å²) in [6.07, 6.45) is -0.00531. The number of amides is 1. The summed E-state index contributed by atoms with van der Waals surface area (Å²) in [5, 5.41) is 3.42. The van der Waals surface area contributed by atoms with Crippen LogP contribution in [0.25, 0.3) is 0 Å². The smallest absolute Gasteiger partial charge is 0.241 e. The summed E-state index contributed by atoms with van der Waals surface area (Å²) in [6, 6.07) is 8.66. The van der Waals surface area contributed by atoms with E-state index in [1.54, 1.807) is 0 Å². The Balaban J connectivity index is 2.16. The van der Waals surface area contributed by atoms with Gasteiger partial charge in [-0.3, -0.25) is 10.1 Å². The Hall–Kier alpha value is -1.39. The number of aryl methyl sites for hydroxylation is 1. The Morgan fingerprint density at radius 1 is 1.33 bits per heavy atom. The maximum Gasteiger partial charge on any atom is 0.241 e. The minimum atomic E-state index is -0.112. The third kappa shape index (κ3) is 3.44. The normalized spacial score (nSPS) is 22.6. The molecule has 1 amide bonds. The molecule has 116 valence electrons. The highest BCUT2D eigenvalue weighted by Gasteiger charge is 2.37. The van der Waals surface area contributed by atoms with E-state index in [4.69, 9.17) is 0 Å². The van der Waals surface area contributed by atoms with Gasteiger partial charge in [-0.05, 0) is 45.9 Å². The summed E-state index contributed by atoms with van der Waals surface area (Å²) >= 11 is 0. The number of carbonyl (C=O) groups is 1. The van der Waals surface area contributed by atoms with E-state index in [0.29, 0.717) is 6.04 Å². The van der Waals surface area contributed by atoms with Crippen LogP contribution in [0, 0.1) is 6.92 Å². The zero-order valence-corrected chi connectivity index (χ0v) is 13.8. The van der Waals surface area contributed by atoms with Crippen molar-refractivity contribution in [1.29, 1.82) is 0 Å². The zero-order chi connectivity index (χ0) is 15.6. The van der Waals surface area contributed by atoms with Gasteiger partial charge >= 0.3 is 0 Å². The first-order valence-electron chi connectivity index (χ1n) is 7.74. The van der Waals surface area contributed by atoms with Gasteiger partial charge < -0.3 is 9.80 Å². The average Bonchev–Trinajstić information content (AvgIpc) is 2.72. The lowest BCUT2D eigenvalue weighted by Gasteiger charge is -2.29. The molecule has 1 aliphatic heterocycles. The van der Waals surface area contributed by atoms with Crippen LogP contribution in [0.1, 0.15) is 38.1 Å². The Bertz CT molecular complexity index is 501. The van der Waals surface area contributed by atoms with E-state index in [0.717, 1.165) is 13.1 Å². The predicted octanol–water partition coefficient (Wildman–Crippen LogP) is 2.15. The van der Waals surface area contributed by atoms with Crippen molar-refractivity contribution in [3.63, 3.8) is 0 Å². The molecule has 0 aliphatic carbocycles. The van der Waals surface area contributed by atoms with E-state index in [9.17, 15) is 4.79 Å². The van der Waals surface area contributed by atoms with Crippen LogP contribution < -0.4 is 5.32 Å². The molecule has 1 aromatic carbocycles. The molecule has 1 aromatic rings. The number of likely N-dealkylation sites (N-methyl/N-ethyl adjacent to an activating group) is 1. The van der Waals surface area contributed by atoms with Gasteiger partial charge in [0.05, 0.1) is 6.04 Å². The van der Waals surface area contributed by atoms with Gasteiger partial charge in [0, 0.05) is 19.1 Å². The molecule has 0 saturated carbocycles. The van der Waals surface area contributed by atoms with Crippen LogP contribution >= 0.6 is 0 Å². The number of nitrogens with one attached hydrogen (secondary N) is 1. The Morgan fingerprint density at radius 2 is 2.00 bits per heavy atom. The summed E-state index contributed by atoms with van der Waals surface area (Å²) in [6.45, 7) is 10.0. The minimum absolute atomic E-state index is 0.00531. The second-order valence-electron chi connectivity index (χ2n) is 6.25. The zero-order valence-electron chi connectivity index (χ0n) is 13.8.